The van der Waals surface area contributed by atoms with Gasteiger partial charge in [-0.2, -0.15) is 0 Å². The predicted octanol–water partition coefficient (Wildman–Crippen LogP) is 0.517. The number of carbonyl (C=O) groups is 4. The topological polar surface area (TPSA) is 122 Å². The molecule has 0 bridgehead atoms. The summed E-state index contributed by atoms with van der Waals surface area (Å²) < 4.78 is 9.85. The van der Waals surface area contributed by atoms with Gasteiger partial charge in [-0.05, 0) is 40.0 Å². The molecule has 2 rings (SSSR count). The van der Waals surface area contributed by atoms with E-state index in [1.807, 2.05) is 0 Å². The van der Waals surface area contributed by atoms with Crippen LogP contribution in [-0.4, -0.2) is 64.8 Å². The van der Waals surface area contributed by atoms with Gasteiger partial charge in [0.2, 0.25) is 5.91 Å². The number of carbonyl (C=O) groups excluding carboxylic acids is 3. The highest BCUT2D eigenvalue weighted by Crippen LogP contribution is 2.37. The van der Waals surface area contributed by atoms with Crippen molar-refractivity contribution >= 4 is 23.9 Å². The molecule has 0 aromatic rings. The summed E-state index contributed by atoms with van der Waals surface area (Å²) in [7, 11) is 1.22. The van der Waals surface area contributed by atoms with Crippen LogP contribution in [0.15, 0.2) is 0 Å². The van der Waals surface area contributed by atoms with E-state index in [0.717, 1.165) is 0 Å². The molecule has 2 heterocycles. The molecule has 0 spiro atoms. The zero-order valence-electron chi connectivity index (χ0n) is 14.8. The molecule has 0 aromatic carbocycles. The van der Waals surface area contributed by atoms with E-state index in [0.29, 0.717) is 12.8 Å². The number of esters is 1. The SMILES string of the molecule is COC(=O)[C@@H]1CC[C@@H]2[C@@H](C(=O)O)C[C@H](NC(=O)OC(C)(C)C)C(=O)N21. The number of carboxylic acids is 1. The summed E-state index contributed by atoms with van der Waals surface area (Å²) in [6.45, 7) is 5.04. The largest absolute Gasteiger partial charge is 0.481 e. The zero-order chi connectivity index (χ0) is 18.9. The molecule has 0 saturated carbocycles. The monoisotopic (exact) mass is 356 g/mol. The van der Waals surface area contributed by atoms with Gasteiger partial charge in [-0.1, -0.05) is 0 Å². The maximum atomic E-state index is 12.8. The number of fused-ring (bicyclic) bond motifs is 1. The molecule has 140 valence electrons. The van der Waals surface area contributed by atoms with Gasteiger partial charge in [-0.25, -0.2) is 9.59 Å². The number of nitrogens with zero attached hydrogens (tertiary/aromatic N) is 1. The smallest absolute Gasteiger partial charge is 0.408 e. The van der Waals surface area contributed by atoms with Crippen LogP contribution in [-0.2, 0) is 23.9 Å². The van der Waals surface area contributed by atoms with Gasteiger partial charge in [0, 0.05) is 6.04 Å². The second-order valence-corrected chi connectivity index (χ2v) is 7.31. The van der Waals surface area contributed by atoms with Crippen LogP contribution >= 0.6 is 0 Å². The molecule has 2 N–H and O–H groups in total. The average molecular weight is 356 g/mol. The molecule has 25 heavy (non-hydrogen) atoms. The average Bonchev–Trinajstić information content (AvgIpc) is 2.92. The molecule has 0 aliphatic carbocycles. The summed E-state index contributed by atoms with van der Waals surface area (Å²) in [5.41, 5.74) is -0.751. The third-order valence-corrected chi connectivity index (χ3v) is 4.42. The number of piperidine rings is 1. The van der Waals surface area contributed by atoms with E-state index in [-0.39, 0.29) is 6.42 Å². The number of carboxylic acid groups (broad SMARTS) is 1. The van der Waals surface area contributed by atoms with Crippen molar-refractivity contribution in [3.63, 3.8) is 0 Å². The molecule has 9 nitrogen and oxygen atoms in total. The number of ether oxygens (including phenoxy) is 2. The highest BCUT2D eigenvalue weighted by molar-refractivity contribution is 5.92. The lowest BCUT2D eigenvalue weighted by Gasteiger charge is -2.40. The fraction of sp³-hybridized carbons (Fsp3) is 0.750. The fourth-order valence-corrected chi connectivity index (χ4v) is 3.45. The number of methoxy groups -OCH3 is 1. The number of nitrogens with one attached hydrogen (secondary N) is 1. The van der Waals surface area contributed by atoms with Crippen molar-refractivity contribution < 1.29 is 33.8 Å². The normalized spacial score (nSPS) is 29.0. The second kappa shape index (κ2) is 6.89. The van der Waals surface area contributed by atoms with Crippen molar-refractivity contribution in [2.24, 2.45) is 5.92 Å². The molecule has 2 aliphatic heterocycles. The van der Waals surface area contributed by atoms with Crippen LogP contribution in [0, 0.1) is 5.92 Å². The number of hydrogen-bond donors (Lipinski definition) is 2. The highest BCUT2D eigenvalue weighted by atomic mass is 16.6. The van der Waals surface area contributed by atoms with E-state index in [1.54, 1.807) is 20.8 Å². The summed E-state index contributed by atoms with van der Waals surface area (Å²) in [6, 6.07) is -2.46. The van der Waals surface area contributed by atoms with Crippen molar-refractivity contribution in [2.45, 2.75) is 63.8 Å². The molecule has 2 fully saturated rings. The van der Waals surface area contributed by atoms with Crippen LogP contribution in [0.3, 0.4) is 0 Å². The van der Waals surface area contributed by atoms with Crippen molar-refractivity contribution in [2.75, 3.05) is 7.11 Å². The Labute approximate surface area is 145 Å². The van der Waals surface area contributed by atoms with Crippen LogP contribution in [0.1, 0.15) is 40.0 Å². The van der Waals surface area contributed by atoms with Gasteiger partial charge in [0.15, 0.2) is 0 Å². The molecular weight excluding hydrogens is 332 g/mol. The molecule has 0 radical (unpaired) electrons. The van der Waals surface area contributed by atoms with Gasteiger partial charge in [0.25, 0.3) is 0 Å². The summed E-state index contributed by atoms with van der Waals surface area (Å²) >= 11 is 0. The van der Waals surface area contributed by atoms with E-state index in [4.69, 9.17) is 9.47 Å². The Morgan fingerprint density at radius 1 is 1.24 bits per heavy atom. The first-order valence-corrected chi connectivity index (χ1v) is 8.17. The first kappa shape index (κ1) is 19.0. The minimum Gasteiger partial charge on any atom is -0.481 e. The van der Waals surface area contributed by atoms with Crippen LogP contribution in [0.25, 0.3) is 0 Å². The van der Waals surface area contributed by atoms with Crippen LogP contribution in [0.5, 0.6) is 0 Å². The Kier molecular flexibility index (Phi) is 5.24. The number of aliphatic carboxylic acids is 1. The maximum Gasteiger partial charge on any atom is 0.408 e. The predicted molar refractivity (Wildman–Crippen MR) is 84.6 cm³/mol. The van der Waals surface area contributed by atoms with E-state index in [9.17, 15) is 24.3 Å². The van der Waals surface area contributed by atoms with E-state index in [1.165, 1.54) is 12.0 Å². The molecule has 9 heteroatoms. The lowest BCUT2D eigenvalue weighted by molar-refractivity contribution is -0.160. The molecule has 2 aliphatic rings. The molecule has 4 atom stereocenters. The van der Waals surface area contributed by atoms with Gasteiger partial charge in [0.1, 0.15) is 17.7 Å². The third-order valence-electron chi connectivity index (χ3n) is 4.42. The van der Waals surface area contributed by atoms with Crippen LogP contribution in [0.4, 0.5) is 4.79 Å². The molecule has 0 aromatic heterocycles. The Balaban J connectivity index is 2.22. The zero-order valence-corrected chi connectivity index (χ0v) is 14.8. The standard InChI is InChI=1S/C16H24N2O7/c1-16(2,3)25-15(23)17-9-7-8(13(20)21)10-5-6-11(14(22)24-4)18(10)12(9)19/h8-11H,5-7H2,1-4H3,(H,17,23)(H,20,21)/t8-,9-,10+,11-/m0/s1. The number of rotatable bonds is 3. The number of alkyl carbamates (subject to hydrolysis) is 1. The van der Waals surface area contributed by atoms with E-state index < -0.39 is 53.6 Å². The number of amides is 2. The van der Waals surface area contributed by atoms with Crippen LogP contribution < -0.4 is 5.32 Å². The van der Waals surface area contributed by atoms with Gasteiger partial charge in [-0.3, -0.25) is 9.59 Å². The lowest BCUT2D eigenvalue weighted by Crippen LogP contribution is -2.62. The molecule has 0 unspecified atom stereocenters. The maximum absolute atomic E-state index is 12.8. The van der Waals surface area contributed by atoms with Crippen molar-refractivity contribution in [1.29, 1.82) is 0 Å². The lowest BCUT2D eigenvalue weighted by atomic mass is 9.86. The molecule has 2 saturated heterocycles. The number of hydrogen-bond acceptors (Lipinski definition) is 6. The van der Waals surface area contributed by atoms with Crippen LogP contribution in [0.2, 0.25) is 0 Å². The Morgan fingerprint density at radius 2 is 1.88 bits per heavy atom. The van der Waals surface area contributed by atoms with E-state index in [2.05, 4.69) is 5.32 Å². The van der Waals surface area contributed by atoms with Crippen molar-refractivity contribution in [3.05, 3.63) is 0 Å². The van der Waals surface area contributed by atoms with Gasteiger partial charge < -0.3 is 24.8 Å². The van der Waals surface area contributed by atoms with Crippen molar-refractivity contribution in [1.82, 2.24) is 10.2 Å². The fourth-order valence-electron chi connectivity index (χ4n) is 3.45. The quantitative estimate of drug-likeness (QED) is 0.707. The minimum absolute atomic E-state index is 0.0392. The summed E-state index contributed by atoms with van der Waals surface area (Å²) in [6.07, 6.45) is -0.0990. The second-order valence-electron chi connectivity index (χ2n) is 7.31. The molecular formula is C16H24N2O7. The first-order valence-electron chi connectivity index (χ1n) is 8.17. The molecule has 2 amide bonds. The van der Waals surface area contributed by atoms with Gasteiger partial charge in [-0.15, -0.1) is 0 Å². The summed E-state index contributed by atoms with van der Waals surface area (Å²) in [5, 5.41) is 11.9. The van der Waals surface area contributed by atoms with Crippen molar-refractivity contribution in [3.8, 4) is 0 Å². The summed E-state index contributed by atoms with van der Waals surface area (Å²) in [5.74, 6) is -3.00. The minimum atomic E-state index is -1.07. The van der Waals surface area contributed by atoms with E-state index >= 15 is 0 Å². The first-order chi connectivity index (χ1) is 11.5. The Morgan fingerprint density at radius 3 is 2.40 bits per heavy atom. The third kappa shape index (κ3) is 4.02. The highest BCUT2D eigenvalue weighted by Gasteiger charge is 2.53. The Hall–Kier alpha value is -2.32. The van der Waals surface area contributed by atoms with Gasteiger partial charge in [0.05, 0.1) is 13.0 Å². The Bertz CT molecular complexity index is 584. The summed E-state index contributed by atoms with van der Waals surface area (Å²) in [4.78, 5) is 49.5. The van der Waals surface area contributed by atoms with Gasteiger partial charge >= 0.3 is 18.0 Å².